The van der Waals surface area contributed by atoms with E-state index in [0.717, 1.165) is 16.0 Å². The van der Waals surface area contributed by atoms with Crippen LogP contribution in [0, 0.1) is 6.92 Å². The molecule has 1 N–H and O–H groups in total. The van der Waals surface area contributed by atoms with E-state index in [1.807, 2.05) is 31.2 Å². The number of ether oxygens (including phenoxy) is 1. The summed E-state index contributed by atoms with van der Waals surface area (Å²) in [5.41, 5.74) is 2.76. The van der Waals surface area contributed by atoms with E-state index in [1.54, 1.807) is 16.2 Å². The summed E-state index contributed by atoms with van der Waals surface area (Å²) in [4.78, 5) is 16.9. The maximum absolute atomic E-state index is 12.9. The van der Waals surface area contributed by atoms with Crippen molar-refractivity contribution in [1.29, 1.82) is 0 Å². The van der Waals surface area contributed by atoms with Crippen molar-refractivity contribution in [2.75, 3.05) is 13.2 Å². The summed E-state index contributed by atoms with van der Waals surface area (Å²) in [6.45, 7) is 3.93. The molecule has 0 aliphatic carbocycles. The van der Waals surface area contributed by atoms with Crippen LogP contribution in [0.1, 0.15) is 31.2 Å². The van der Waals surface area contributed by atoms with Gasteiger partial charge >= 0.3 is 0 Å². The lowest BCUT2D eigenvalue weighted by atomic mass is 10.0. The number of aliphatic hydroxyl groups is 1. The predicted octanol–water partition coefficient (Wildman–Crippen LogP) is 2.72. The molecule has 116 valence electrons. The Hall–Kier alpha value is -1.69. The second-order valence-corrected chi connectivity index (χ2v) is 6.77. The van der Waals surface area contributed by atoms with Crippen LogP contribution in [0.4, 0.5) is 0 Å². The third kappa shape index (κ3) is 3.06. The average Bonchev–Trinajstić information content (AvgIpc) is 3.14. The first-order valence-electron chi connectivity index (χ1n) is 7.33. The third-order valence-corrected chi connectivity index (χ3v) is 4.79. The number of hydrogen-bond acceptors (Lipinski definition) is 4. The third-order valence-electron chi connectivity index (χ3n) is 3.81. The maximum Gasteiger partial charge on any atom is 0.254 e. The molecule has 1 aliphatic rings. The molecule has 0 atom stereocenters. The summed E-state index contributed by atoms with van der Waals surface area (Å²) < 4.78 is 5.45. The van der Waals surface area contributed by atoms with Crippen molar-refractivity contribution in [3.05, 3.63) is 56.8 Å². The SMILES string of the molecule is Cc1ccc(CN(CCO)C(=O)c2cccc3c2COC3)s1. The van der Waals surface area contributed by atoms with Gasteiger partial charge in [-0.15, -0.1) is 11.3 Å². The Morgan fingerprint density at radius 1 is 1.32 bits per heavy atom. The molecule has 2 heterocycles. The largest absolute Gasteiger partial charge is 0.395 e. The summed E-state index contributed by atoms with van der Waals surface area (Å²) in [7, 11) is 0. The molecule has 4 nitrogen and oxygen atoms in total. The van der Waals surface area contributed by atoms with Crippen LogP contribution in [0.25, 0.3) is 0 Å². The van der Waals surface area contributed by atoms with Gasteiger partial charge in [0.15, 0.2) is 0 Å². The Morgan fingerprint density at radius 2 is 2.18 bits per heavy atom. The second-order valence-electron chi connectivity index (χ2n) is 5.40. The van der Waals surface area contributed by atoms with E-state index < -0.39 is 0 Å². The standard InChI is InChI=1S/C17H19NO3S/c1-12-5-6-14(22-12)9-18(7-8-19)17(20)15-4-2-3-13-10-21-11-16(13)15/h2-6,19H,7-11H2,1H3. The number of thiophene rings is 1. The van der Waals surface area contributed by atoms with Crippen LogP contribution in [-0.2, 0) is 24.5 Å². The molecule has 0 unspecified atom stereocenters. The lowest BCUT2D eigenvalue weighted by Gasteiger charge is -2.22. The zero-order valence-electron chi connectivity index (χ0n) is 12.5. The van der Waals surface area contributed by atoms with E-state index in [9.17, 15) is 9.90 Å². The summed E-state index contributed by atoms with van der Waals surface area (Å²) in [6.07, 6.45) is 0. The lowest BCUT2D eigenvalue weighted by Crippen LogP contribution is -2.33. The lowest BCUT2D eigenvalue weighted by molar-refractivity contribution is 0.0705. The van der Waals surface area contributed by atoms with Crippen LogP contribution in [-0.4, -0.2) is 29.1 Å². The van der Waals surface area contributed by atoms with Crippen LogP contribution in [0.2, 0.25) is 0 Å². The molecular weight excluding hydrogens is 298 g/mol. The molecule has 0 spiro atoms. The molecule has 3 rings (SSSR count). The molecule has 5 heteroatoms. The summed E-state index contributed by atoms with van der Waals surface area (Å²) in [5, 5.41) is 9.29. The highest BCUT2D eigenvalue weighted by molar-refractivity contribution is 7.11. The van der Waals surface area contributed by atoms with Crippen LogP contribution in [0.15, 0.2) is 30.3 Å². The van der Waals surface area contributed by atoms with E-state index in [1.165, 1.54) is 4.88 Å². The van der Waals surface area contributed by atoms with Crippen molar-refractivity contribution in [1.82, 2.24) is 4.90 Å². The molecule has 0 fully saturated rings. The van der Waals surface area contributed by atoms with E-state index >= 15 is 0 Å². The highest BCUT2D eigenvalue weighted by atomic mass is 32.1. The number of benzene rings is 1. The number of carbonyl (C=O) groups excluding carboxylic acids is 1. The molecule has 1 amide bonds. The van der Waals surface area contributed by atoms with Crippen molar-refractivity contribution < 1.29 is 14.6 Å². The Kier molecular flexibility index (Phi) is 4.57. The number of rotatable bonds is 5. The molecule has 2 aromatic rings. The van der Waals surface area contributed by atoms with E-state index in [0.29, 0.717) is 31.9 Å². The van der Waals surface area contributed by atoms with Crippen molar-refractivity contribution in [3.63, 3.8) is 0 Å². The van der Waals surface area contributed by atoms with Gasteiger partial charge in [0.1, 0.15) is 0 Å². The number of hydrogen-bond donors (Lipinski definition) is 1. The average molecular weight is 317 g/mol. The smallest absolute Gasteiger partial charge is 0.254 e. The first-order valence-corrected chi connectivity index (χ1v) is 8.14. The zero-order valence-corrected chi connectivity index (χ0v) is 13.4. The highest BCUT2D eigenvalue weighted by Gasteiger charge is 2.23. The fourth-order valence-corrected chi connectivity index (χ4v) is 3.61. The normalized spacial score (nSPS) is 13.2. The van der Waals surface area contributed by atoms with Gasteiger partial charge in [0.05, 0.1) is 26.4 Å². The van der Waals surface area contributed by atoms with Gasteiger partial charge in [0.25, 0.3) is 5.91 Å². The van der Waals surface area contributed by atoms with Crippen molar-refractivity contribution >= 4 is 17.2 Å². The van der Waals surface area contributed by atoms with E-state index in [4.69, 9.17) is 4.74 Å². The topological polar surface area (TPSA) is 49.8 Å². The van der Waals surface area contributed by atoms with Crippen LogP contribution in [0.5, 0.6) is 0 Å². The molecule has 1 aromatic carbocycles. The Balaban J connectivity index is 1.85. The number of carbonyl (C=O) groups is 1. The maximum atomic E-state index is 12.9. The molecule has 0 radical (unpaired) electrons. The van der Waals surface area contributed by atoms with Gasteiger partial charge in [-0.25, -0.2) is 0 Å². The number of aliphatic hydroxyl groups excluding tert-OH is 1. The molecule has 1 aliphatic heterocycles. The number of nitrogens with zero attached hydrogens (tertiary/aromatic N) is 1. The van der Waals surface area contributed by atoms with Crippen LogP contribution < -0.4 is 0 Å². The fraction of sp³-hybridized carbons (Fsp3) is 0.353. The predicted molar refractivity (Wildman–Crippen MR) is 85.8 cm³/mol. The van der Waals surface area contributed by atoms with Gasteiger partial charge in [-0.05, 0) is 36.2 Å². The first-order chi connectivity index (χ1) is 10.7. The van der Waals surface area contributed by atoms with Crippen LogP contribution >= 0.6 is 11.3 Å². The molecule has 0 bridgehead atoms. The minimum absolute atomic E-state index is 0.0394. The fourth-order valence-electron chi connectivity index (χ4n) is 2.71. The molecule has 0 saturated carbocycles. The molecular formula is C17H19NO3S. The monoisotopic (exact) mass is 317 g/mol. The minimum atomic E-state index is -0.0401. The van der Waals surface area contributed by atoms with Crippen molar-refractivity contribution in [2.24, 2.45) is 0 Å². The van der Waals surface area contributed by atoms with Gasteiger partial charge in [-0.2, -0.15) is 0 Å². The zero-order chi connectivity index (χ0) is 15.5. The van der Waals surface area contributed by atoms with E-state index in [-0.39, 0.29) is 12.5 Å². The van der Waals surface area contributed by atoms with Crippen LogP contribution in [0.3, 0.4) is 0 Å². The summed E-state index contributed by atoms with van der Waals surface area (Å²) in [6, 6.07) is 9.83. The molecule has 0 saturated heterocycles. The number of amides is 1. The number of aryl methyl sites for hydroxylation is 1. The van der Waals surface area contributed by atoms with Gasteiger partial charge < -0.3 is 14.7 Å². The van der Waals surface area contributed by atoms with E-state index in [2.05, 4.69) is 6.07 Å². The Labute approximate surface area is 134 Å². The summed E-state index contributed by atoms with van der Waals surface area (Å²) in [5.74, 6) is -0.0394. The van der Waals surface area contributed by atoms with Gasteiger partial charge in [0.2, 0.25) is 0 Å². The molecule has 22 heavy (non-hydrogen) atoms. The quantitative estimate of drug-likeness (QED) is 0.922. The number of fused-ring (bicyclic) bond motifs is 1. The minimum Gasteiger partial charge on any atom is -0.395 e. The Morgan fingerprint density at radius 3 is 2.91 bits per heavy atom. The highest BCUT2D eigenvalue weighted by Crippen LogP contribution is 2.25. The second kappa shape index (κ2) is 6.60. The van der Waals surface area contributed by atoms with Crippen molar-refractivity contribution in [2.45, 2.75) is 26.7 Å². The van der Waals surface area contributed by atoms with Crippen molar-refractivity contribution in [3.8, 4) is 0 Å². The Bertz CT molecular complexity index is 680. The first kappa shape index (κ1) is 15.2. The van der Waals surface area contributed by atoms with Gasteiger partial charge in [0, 0.05) is 21.9 Å². The molecule has 1 aromatic heterocycles. The summed E-state index contributed by atoms with van der Waals surface area (Å²) >= 11 is 1.68. The van der Waals surface area contributed by atoms with Gasteiger partial charge in [-0.3, -0.25) is 4.79 Å². The van der Waals surface area contributed by atoms with Gasteiger partial charge in [-0.1, -0.05) is 12.1 Å².